The summed E-state index contributed by atoms with van der Waals surface area (Å²) in [6.45, 7) is 0. The molecule has 0 amide bonds. The van der Waals surface area contributed by atoms with Crippen LogP contribution in [0.4, 0.5) is 0 Å². The molecule has 1 rings (SSSR count). The first-order valence-electron chi connectivity index (χ1n) is 5.78. The van der Waals surface area contributed by atoms with Gasteiger partial charge >= 0.3 is 8.80 Å². The molecular formula is C11H23O3Si. The lowest BCUT2D eigenvalue weighted by Crippen LogP contribution is -2.45. The van der Waals surface area contributed by atoms with Crippen LogP contribution in [0.3, 0.4) is 0 Å². The number of rotatable bonds is 5. The maximum atomic E-state index is 5.42. The van der Waals surface area contributed by atoms with Crippen molar-refractivity contribution in [1.29, 1.82) is 0 Å². The molecule has 1 saturated carbocycles. The first-order valence-corrected chi connectivity index (χ1v) is 7.58. The molecule has 1 fully saturated rings. The molecule has 1 aliphatic carbocycles. The highest BCUT2D eigenvalue weighted by Crippen LogP contribution is 2.28. The van der Waals surface area contributed by atoms with E-state index in [0.717, 1.165) is 0 Å². The van der Waals surface area contributed by atoms with E-state index in [2.05, 4.69) is 6.04 Å². The van der Waals surface area contributed by atoms with Crippen LogP contribution in [-0.4, -0.2) is 30.1 Å². The topological polar surface area (TPSA) is 27.7 Å². The van der Waals surface area contributed by atoms with E-state index in [4.69, 9.17) is 13.3 Å². The van der Waals surface area contributed by atoms with Gasteiger partial charge in [0.15, 0.2) is 0 Å². The lowest BCUT2D eigenvalue weighted by atomic mass is 10.0. The zero-order chi connectivity index (χ0) is 11.1. The molecule has 1 radical (unpaired) electrons. The molecule has 0 atom stereocenters. The van der Waals surface area contributed by atoms with E-state index in [1.165, 1.54) is 38.5 Å². The Labute approximate surface area is 94.5 Å². The van der Waals surface area contributed by atoms with Gasteiger partial charge in [-0.3, -0.25) is 0 Å². The Hall–Kier alpha value is 0.0969. The van der Waals surface area contributed by atoms with Gasteiger partial charge in [0.2, 0.25) is 0 Å². The van der Waals surface area contributed by atoms with Crippen molar-refractivity contribution < 1.29 is 13.3 Å². The quantitative estimate of drug-likeness (QED) is 0.537. The van der Waals surface area contributed by atoms with Gasteiger partial charge in [0.05, 0.1) is 0 Å². The summed E-state index contributed by atoms with van der Waals surface area (Å²) in [6, 6.07) is 2.21. The summed E-state index contributed by atoms with van der Waals surface area (Å²) in [5, 5.41) is 0. The lowest BCUT2D eigenvalue weighted by molar-refractivity contribution is 0.128. The third kappa shape index (κ3) is 3.87. The van der Waals surface area contributed by atoms with E-state index in [1.807, 2.05) is 0 Å². The minimum Gasteiger partial charge on any atom is -0.377 e. The Morgan fingerprint density at radius 2 is 1.33 bits per heavy atom. The third-order valence-corrected chi connectivity index (χ3v) is 5.78. The number of hydrogen-bond acceptors (Lipinski definition) is 3. The van der Waals surface area contributed by atoms with Crippen LogP contribution in [0.2, 0.25) is 0 Å². The highest BCUT2D eigenvalue weighted by Gasteiger charge is 2.40. The molecule has 0 aliphatic heterocycles. The molecule has 0 unspecified atom stereocenters. The van der Waals surface area contributed by atoms with E-state index in [9.17, 15) is 0 Å². The molecule has 4 heteroatoms. The van der Waals surface area contributed by atoms with Crippen LogP contribution in [0.5, 0.6) is 0 Å². The van der Waals surface area contributed by atoms with Crippen LogP contribution in [0.1, 0.15) is 38.5 Å². The SMILES string of the molecule is CO[Si]([CH]C1CCCCCC1)(OC)OC. The molecule has 1 aliphatic rings. The maximum absolute atomic E-state index is 5.42. The van der Waals surface area contributed by atoms with Gasteiger partial charge in [-0.25, -0.2) is 0 Å². The molecule has 0 N–H and O–H groups in total. The van der Waals surface area contributed by atoms with Crippen molar-refractivity contribution in [2.75, 3.05) is 21.3 Å². The zero-order valence-electron chi connectivity index (χ0n) is 10.1. The third-order valence-electron chi connectivity index (χ3n) is 3.19. The second kappa shape index (κ2) is 6.63. The van der Waals surface area contributed by atoms with Gasteiger partial charge in [-0.15, -0.1) is 0 Å². The van der Waals surface area contributed by atoms with Crippen LogP contribution >= 0.6 is 0 Å². The summed E-state index contributed by atoms with van der Waals surface area (Å²) in [4.78, 5) is 0. The average Bonchev–Trinajstić information content (AvgIpc) is 2.54. The summed E-state index contributed by atoms with van der Waals surface area (Å²) >= 11 is 0. The minimum atomic E-state index is -2.45. The molecule has 0 saturated heterocycles. The lowest BCUT2D eigenvalue weighted by Gasteiger charge is -2.27. The van der Waals surface area contributed by atoms with Gasteiger partial charge in [0.25, 0.3) is 0 Å². The summed E-state index contributed by atoms with van der Waals surface area (Å²) in [5.41, 5.74) is 0. The largest absolute Gasteiger partial charge is 0.503 e. The first-order chi connectivity index (χ1) is 7.26. The summed E-state index contributed by atoms with van der Waals surface area (Å²) in [7, 11) is 2.57. The van der Waals surface area contributed by atoms with Crippen molar-refractivity contribution in [2.24, 2.45) is 5.92 Å². The summed E-state index contributed by atoms with van der Waals surface area (Å²) in [6.07, 6.45) is 7.89. The Morgan fingerprint density at radius 3 is 1.73 bits per heavy atom. The normalized spacial score (nSPS) is 20.2. The van der Waals surface area contributed by atoms with Crippen molar-refractivity contribution in [1.82, 2.24) is 0 Å². The second-order valence-corrected chi connectivity index (χ2v) is 6.90. The molecule has 0 aromatic heterocycles. The minimum absolute atomic E-state index is 0.610. The van der Waals surface area contributed by atoms with Crippen molar-refractivity contribution in [2.45, 2.75) is 38.5 Å². The summed E-state index contributed by atoms with van der Waals surface area (Å²) < 4.78 is 16.3. The van der Waals surface area contributed by atoms with Crippen molar-refractivity contribution in [3.63, 3.8) is 0 Å². The zero-order valence-corrected chi connectivity index (χ0v) is 11.1. The van der Waals surface area contributed by atoms with Crippen LogP contribution in [0, 0.1) is 12.0 Å². The standard InChI is InChI=1S/C11H23O3Si/c1-12-15(13-2,14-3)10-11-8-6-4-5-7-9-11/h10-11H,4-9H2,1-3H3. The average molecular weight is 231 g/mol. The van der Waals surface area contributed by atoms with E-state index in [-0.39, 0.29) is 0 Å². The maximum Gasteiger partial charge on any atom is 0.503 e. The Kier molecular flexibility index (Phi) is 5.82. The number of hydrogen-bond donors (Lipinski definition) is 0. The Bertz CT molecular complexity index is 155. The van der Waals surface area contributed by atoms with Crippen LogP contribution in [0.25, 0.3) is 0 Å². The molecule has 3 nitrogen and oxygen atoms in total. The highest BCUT2D eigenvalue weighted by atomic mass is 28.4. The van der Waals surface area contributed by atoms with E-state index in [0.29, 0.717) is 5.92 Å². The molecule has 0 heterocycles. The molecule has 0 spiro atoms. The predicted octanol–water partition coefficient (Wildman–Crippen LogP) is 2.58. The van der Waals surface area contributed by atoms with Crippen LogP contribution in [-0.2, 0) is 13.3 Å². The Balaban J connectivity index is 2.48. The van der Waals surface area contributed by atoms with Gasteiger partial charge in [-0.2, -0.15) is 0 Å². The highest BCUT2D eigenvalue weighted by molar-refractivity contribution is 6.64. The fourth-order valence-electron chi connectivity index (χ4n) is 2.22. The molecule has 0 bridgehead atoms. The van der Waals surface area contributed by atoms with Crippen LogP contribution in [0.15, 0.2) is 0 Å². The van der Waals surface area contributed by atoms with Gasteiger partial charge in [-0.1, -0.05) is 38.5 Å². The molecule has 0 aromatic rings. The van der Waals surface area contributed by atoms with Gasteiger partial charge in [-0.05, 0) is 5.92 Å². The van der Waals surface area contributed by atoms with Crippen molar-refractivity contribution in [3.05, 3.63) is 6.04 Å². The fraction of sp³-hybridized carbons (Fsp3) is 0.909. The van der Waals surface area contributed by atoms with E-state index >= 15 is 0 Å². The first kappa shape index (κ1) is 13.2. The van der Waals surface area contributed by atoms with Crippen molar-refractivity contribution >= 4 is 8.80 Å². The molecule has 15 heavy (non-hydrogen) atoms. The van der Waals surface area contributed by atoms with Gasteiger partial charge < -0.3 is 13.3 Å². The fourth-order valence-corrected chi connectivity index (χ4v) is 4.04. The second-order valence-electron chi connectivity index (χ2n) is 4.13. The molecule has 89 valence electrons. The predicted molar refractivity (Wildman–Crippen MR) is 62.3 cm³/mol. The van der Waals surface area contributed by atoms with Crippen LogP contribution < -0.4 is 0 Å². The van der Waals surface area contributed by atoms with Gasteiger partial charge in [0.1, 0.15) is 0 Å². The van der Waals surface area contributed by atoms with E-state index in [1.54, 1.807) is 21.3 Å². The Morgan fingerprint density at radius 1 is 0.867 bits per heavy atom. The van der Waals surface area contributed by atoms with Crippen molar-refractivity contribution in [3.8, 4) is 0 Å². The van der Waals surface area contributed by atoms with E-state index < -0.39 is 8.80 Å². The smallest absolute Gasteiger partial charge is 0.377 e. The molecular weight excluding hydrogens is 208 g/mol. The summed E-state index contributed by atoms with van der Waals surface area (Å²) in [5.74, 6) is 0.610. The van der Waals surface area contributed by atoms with Gasteiger partial charge in [0, 0.05) is 27.4 Å². The monoisotopic (exact) mass is 231 g/mol. The molecule has 0 aromatic carbocycles.